The molecule has 0 aliphatic carbocycles. The van der Waals surface area contributed by atoms with E-state index >= 15 is 0 Å². The molecule has 1 aromatic carbocycles. The topological polar surface area (TPSA) is 71.3 Å². The van der Waals surface area contributed by atoms with Gasteiger partial charge in [0.25, 0.3) is 5.91 Å². The van der Waals surface area contributed by atoms with Crippen LogP contribution in [0.15, 0.2) is 28.9 Å². The van der Waals surface area contributed by atoms with Crippen molar-refractivity contribution in [2.75, 3.05) is 20.6 Å². The zero-order valence-electron chi connectivity index (χ0n) is 12.8. The molecule has 0 unspecified atom stereocenters. The molecule has 6 heteroatoms. The van der Waals surface area contributed by atoms with Crippen LogP contribution in [0, 0.1) is 13.8 Å². The first-order valence-electron chi connectivity index (χ1n) is 6.79. The third-order valence-electron chi connectivity index (χ3n) is 3.41. The zero-order chi connectivity index (χ0) is 15.4. The lowest BCUT2D eigenvalue weighted by Crippen LogP contribution is -2.35. The molecule has 0 saturated carbocycles. The summed E-state index contributed by atoms with van der Waals surface area (Å²) in [7, 11) is 3.97. The highest BCUT2D eigenvalue weighted by Gasteiger charge is 2.19. The molecule has 0 bridgehead atoms. The first kappa shape index (κ1) is 15.2. The van der Waals surface area contributed by atoms with Crippen molar-refractivity contribution in [3.63, 3.8) is 0 Å². The maximum Gasteiger partial charge on any atom is 0.275 e. The summed E-state index contributed by atoms with van der Waals surface area (Å²) in [6.07, 6.45) is 0. The second kappa shape index (κ2) is 6.49. The van der Waals surface area contributed by atoms with Crippen molar-refractivity contribution in [2.24, 2.45) is 0 Å². The molecule has 0 spiro atoms. The van der Waals surface area contributed by atoms with Crippen molar-refractivity contribution in [2.45, 2.75) is 19.9 Å². The van der Waals surface area contributed by atoms with Gasteiger partial charge in [0.05, 0.1) is 6.04 Å². The molecule has 1 heterocycles. The summed E-state index contributed by atoms with van der Waals surface area (Å²) in [5.41, 5.74) is 3.09. The first-order valence-corrected chi connectivity index (χ1v) is 6.79. The van der Waals surface area contributed by atoms with E-state index in [4.69, 9.17) is 0 Å². The molecule has 21 heavy (non-hydrogen) atoms. The SMILES string of the molecule is Cc1ccc([C@@H](CNC(=O)c2nonc2C)N(C)C)cc1. The molecule has 1 amide bonds. The van der Waals surface area contributed by atoms with Gasteiger partial charge in [-0.05, 0) is 38.7 Å². The van der Waals surface area contributed by atoms with Gasteiger partial charge >= 0.3 is 0 Å². The maximum absolute atomic E-state index is 12.0. The van der Waals surface area contributed by atoms with E-state index in [-0.39, 0.29) is 17.6 Å². The number of carbonyl (C=O) groups excluding carboxylic acids is 1. The Hall–Kier alpha value is -2.21. The van der Waals surface area contributed by atoms with Crippen LogP contribution in [0.4, 0.5) is 0 Å². The lowest BCUT2D eigenvalue weighted by Gasteiger charge is -2.25. The predicted octanol–water partition coefficient (Wildman–Crippen LogP) is 1.72. The van der Waals surface area contributed by atoms with E-state index in [0.29, 0.717) is 12.2 Å². The minimum absolute atomic E-state index is 0.0923. The van der Waals surface area contributed by atoms with Gasteiger partial charge in [-0.25, -0.2) is 4.63 Å². The fraction of sp³-hybridized carbons (Fsp3) is 0.400. The number of hydrogen-bond donors (Lipinski definition) is 1. The highest BCUT2D eigenvalue weighted by Crippen LogP contribution is 2.18. The molecule has 1 N–H and O–H groups in total. The summed E-state index contributed by atoms with van der Waals surface area (Å²) in [4.78, 5) is 14.1. The van der Waals surface area contributed by atoms with Gasteiger partial charge in [0.2, 0.25) is 0 Å². The number of nitrogens with zero attached hydrogens (tertiary/aromatic N) is 3. The number of carbonyl (C=O) groups is 1. The van der Waals surface area contributed by atoms with Crippen molar-refractivity contribution < 1.29 is 9.42 Å². The number of likely N-dealkylation sites (N-methyl/N-ethyl adjacent to an activating group) is 1. The third kappa shape index (κ3) is 3.66. The van der Waals surface area contributed by atoms with Gasteiger partial charge in [-0.3, -0.25) is 4.79 Å². The quantitative estimate of drug-likeness (QED) is 0.907. The van der Waals surface area contributed by atoms with Crippen LogP contribution in [0.25, 0.3) is 0 Å². The van der Waals surface area contributed by atoms with Crippen molar-refractivity contribution in [3.05, 3.63) is 46.8 Å². The monoisotopic (exact) mass is 288 g/mol. The Balaban J connectivity index is 2.06. The smallest absolute Gasteiger partial charge is 0.275 e. The van der Waals surface area contributed by atoms with Gasteiger partial charge in [-0.15, -0.1) is 0 Å². The average molecular weight is 288 g/mol. The second-order valence-electron chi connectivity index (χ2n) is 5.30. The molecule has 1 aromatic heterocycles. The minimum Gasteiger partial charge on any atom is -0.349 e. The molecular formula is C15H20N4O2. The Kier molecular flexibility index (Phi) is 4.70. The Morgan fingerprint density at radius 3 is 2.43 bits per heavy atom. The molecule has 0 aliphatic heterocycles. The molecule has 2 rings (SSSR count). The normalized spacial score (nSPS) is 12.4. The predicted molar refractivity (Wildman–Crippen MR) is 79.0 cm³/mol. The van der Waals surface area contributed by atoms with E-state index in [2.05, 4.69) is 56.3 Å². The molecule has 0 saturated heterocycles. The lowest BCUT2D eigenvalue weighted by molar-refractivity contribution is 0.0931. The third-order valence-corrected chi connectivity index (χ3v) is 3.41. The first-order chi connectivity index (χ1) is 9.99. The van der Waals surface area contributed by atoms with E-state index in [1.54, 1.807) is 6.92 Å². The van der Waals surface area contributed by atoms with Crippen LogP contribution in [0.3, 0.4) is 0 Å². The fourth-order valence-corrected chi connectivity index (χ4v) is 2.10. The molecule has 6 nitrogen and oxygen atoms in total. The summed E-state index contributed by atoms with van der Waals surface area (Å²) in [6.45, 7) is 4.23. The van der Waals surface area contributed by atoms with Gasteiger partial charge in [0, 0.05) is 6.54 Å². The van der Waals surface area contributed by atoms with Gasteiger partial charge in [0.1, 0.15) is 5.69 Å². The van der Waals surface area contributed by atoms with Crippen LogP contribution in [-0.2, 0) is 0 Å². The van der Waals surface area contributed by atoms with Gasteiger partial charge in [-0.1, -0.05) is 35.0 Å². The van der Waals surface area contributed by atoms with Crippen molar-refractivity contribution >= 4 is 5.91 Å². The number of aromatic nitrogens is 2. The van der Waals surface area contributed by atoms with Crippen LogP contribution in [0.5, 0.6) is 0 Å². The molecule has 0 fully saturated rings. The minimum atomic E-state index is -0.271. The summed E-state index contributed by atoms with van der Waals surface area (Å²) >= 11 is 0. The van der Waals surface area contributed by atoms with E-state index in [1.165, 1.54) is 5.56 Å². The van der Waals surface area contributed by atoms with Crippen LogP contribution in [0.2, 0.25) is 0 Å². The molecule has 0 aliphatic rings. The second-order valence-corrected chi connectivity index (χ2v) is 5.30. The molecule has 0 radical (unpaired) electrons. The summed E-state index contributed by atoms with van der Waals surface area (Å²) in [5, 5.41) is 10.1. The Morgan fingerprint density at radius 2 is 1.90 bits per heavy atom. The van der Waals surface area contributed by atoms with Crippen LogP contribution >= 0.6 is 0 Å². The van der Waals surface area contributed by atoms with E-state index < -0.39 is 0 Å². The Bertz CT molecular complexity index is 604. The number of hydrogen-bond acceptors (Lipinski definition) is 5. The summed E-state index contributed by atoms with van der Waals surface area (Å²) in [5.74, 6) is -0.271. The molecule has 1 atom stereocenters. The maximum atomic E-state index is 12.0. The van der Waals surface area contributed by atoms with Crippen LogP contribution in [-0.4, -0.2) is 41.8 Å². The lowest BCUT2D eigenvalue weighted by atomic mass is 10.0. The molecule has 2 aromatic rings. The van der Waals surface area contributed by atoms with E-state index in [9.17, 15) is 4.79 Å². The van der Waals surface area contributed by atoms with Crippen molar-refractivity contribution in [1.29, 1.82) is 0 Å². The Labute approximate surface area is 124 Å². The standard InChI is InChI=1S/C15H20N4O2/c1-10-5-7-12(8-6-10)13(19(3)4)9-16-15(20)14-11(2)17-21-18-14/h5-8,13H,9H2,1-4H3,(H,16,20)/t13-/m1/s1. The number of rotatable bonds is 5. The summed E-state index contributed by atoms with van der Waals surface area (Å²) in [6, 6.07) is 8.39. The van der Waals surface area contributed by atoms with Crippen molar-refractivity contribution in [1.82, 2.24) is 20.5 Å². The number of amides is 1. The largest absolute Gasteiger partial charge is 0.349 e. The van der Waals surface area contributed by atoms with Gasteiger partial charge < -0.3 is 10.2 Å². The number of nitrogens with one attached hydrogen (secondary N) is 1. The van der Waals surface area contributed by atoms with Crippen molar-refractivity contribution in [3.8, 4) is 0 Å². The van der Waals surface area contributed by atoms with Gasteiger partial charge in [-0.2, -0.15) is 0 Å². The van der Waals surface area contributed by atoms with E-state index in [0.717, 1.165) is 5.56 Å². The van der Waals surface area contributed by atoms with Crippen LogP contribution < -0.4 is 5.32 Å². The molecule has 112 valence electrons. The fourth-order valence-electron chi connectivity index (χ4n) is 2.10. The average Bonchev–Trinajstić information content (AvgIpc) is 2.86. The molecular weight excluding hydrogens is 268 g/mol. The van der Waals surface area contributed by atoms with Gasteiger partial charge in [0.15, 0.2) is 5.69 Å². The number of aryl methyl sites for hydroxylation is 2. The highest BCUT2D eigenvalue weighted by atomic mass is 16.6. The zero-order valence-corrected chi connectivity index (χ0v) is 12.8. The highest BCUT2D eigenvalue weighted by molar-refractivity contribution is 5.92. The van der Waals surface area contributed by atoms with Crippen LogP contribution in [0.1, 0.15) is 33.4 Å². The number of benzene rings is 1. The van der Waals surface area contributed by atoms with E-state index in [1.807, 2.05) is 14.1 Å². The Morgan fingerprint density at radius 1 is 1.24 bits per heavy atom. The summed E-state index contributed by atoms with van der Waals surface area (Å²) < 4.78 is 4.55.